The lowest BCUT2D eigenvalue weighted by Gasteiger charge is -2.28. The van der Waals surface area contributed by atoms with Gasteiger partial charge in [-0.1, -0.05) is 24.3 Å². The number of amides is 2. The third-order valence-electron chi connectivity index (χ3n) is 5.27. The van der Waals surface area contributed by atoms with Crippen LogP contribution in [0.4, 0.5) is 17.1 Å². The van der Waals surface area contributed by atoms with Crippen molar-refractivity contribution in [3.8, 4) is 0 Å². The lowest BCUT2D eigenvalue weighted by molar-refractivity contribution is -0.384. The number of non-ortho nitro benzene ring substituents is 1. The summed E-state index contributed by atoms with van der Waals surface area (Å²) >= 11 is 0. The molecule has 0 saturated heterocycles. The summed E-state index contributed by atoms with van der Waals surface area (Å²) in [5.74, 6) is -0.558. The van der Waals surface area contributed by atoms with Crippen LogP contribution in [0.25, 0.3) is 21.7 Å². The standard InChI is InChI=1S/C26H24N3O6/c1-5-18-19-8-6-7-9-20(19)22(28(15-30)35-26(2,3)4)14-21(18)27-25(31)24-13-16-12-17(29(32)33)10-11-23(16)34-24/h6-15H,1,5H2,2-4H3,(H,27,31). The van der Waals surface area contributed by atoms with Crippen molar-refractivity contribution in [3.63, 3.8) is 0 Å². The summed E-state index contributed by atoms with van der Waals surface area (Å²) in [6.07, 6.45) is 0.943. The van der Waals surface area contributed by atoms with Gasteiger partial charge < -0.3 is 9.73 Å². The molecule has 35 heavy (non-hydrogen) atoms. The molecule has 0 unspecified atom stereocenters. The Morgan fingerprint density at radius 2 is 1.89 bits per heavy atom. The Morgan fingerprint density at radius 1 is 1.17 bits per heavy atom. The average Bonchev–Trinajstić information content (AvgIpc) is 3.25. The molecule has 1 N–H and O–H groups in total. The van der Waals surface area contributed by atoms with E-state index in [0.717, 1.165) is 21.4 Å². The van der Waals surface area contributed by atoms with Gasteiger partial charge in [-0.3, -0.25) is 24.5 Å². The van der Waals surface area contributed by atoms with Crippen LogP contribution in [0.3, 0.4) is 0 Å². The molecule has 4 rings (SSSR count). The van der Waals surface area contributed by atoms with Gasteiger partial charge in [0.15, 0.2) is 5.76 Å². The number of carbonyl (C=O) groups is 2. The third-order valence-corrected chi connectivity index (χ3v) is 5.27. The minimum atomic E-state index is -0.646. The molecule has 2 amide bonds. The first-order valence-electron chi connectivity index (χ1n) is 10.9. The third kappa shape index (κ3) is 4.85. The van der Waals surface area contributed by atoms with Gasteiger partial charge in [-0.05, 0) is 63.3 Å². The molecule has 0 aliphatic heterocycles. The van der Waals surface area contributed by atoms with Crippen LogP contribution in [-0.4, -0.2) is 22.8 Å². The van der Waals surface area contributed by atoms with E-state index >= 15 is 0 Å². The molecule has 1 aromatic heterocycles. The Hall–Kier alpha value is -4.24. The monoisotopic (exact) mass is 474 g/mol. The van der Waals surface area contributed by atoms with Crippen molar-refractivity contribution in [2.24, 2.45) is 0 Å². The molecule has 0 spiro atoms. The second kappa shape index (κ2) is 9.19. The van der Waals surface area contributed by atoms with E-state index in [0.29, 0.717) is 35.2 Å². The molecular formula is C26H24N3O6. The summed E-state index contributed by atoms with van der Waals surface area (Å²) in [5, 5.41) is 17.0. The molecule has 0 bridgehead atoms. The number of furan rings is 1. The zero-order valence-corrected chi connectivity index (χ0v) is 19.5. The fraction of sp³-hybridized carbons (Fsp3) is 0.192. The smallest absolute Gasteiger partial charge is 0.291 e. The van der Waals surface area contributed by atoms with E-state index in [-0.39, 0.29) is 11.4 Å². The predicted molar refractivity (Wildman–Crippen MR) is 133 cm³/mol. The maximum absolute atomic E-state index is 13.1. The van der Waals surface area contributed by atoms with Gasteiger partial charge in [0.25, 0.3) is 11.6 Å². The van der Waals surface area contributed by atoms with Crippen LogP contribution in [0.5, 0.6) is 0 Å². The highest BCUT2D eigenvalue weighted by atomic mass is 16.7. The number of benzene rings is 3. The van der Waals surface area contributed by atoms with Crippen molar-refractivity contribution >= 4 is 51.1 Å². The second-order valence-corrected chi connectivity index (χ2v) is 8.90. The Kier molecular flexibility index (Phi) is 6.27. The van der Waals surface area contributed by atoms with Crippen LogP contribution in [0.1, 0.15) is 36.9 Å². The van der Waals surface area contributed by atoms with Crippen molar-refractivity contribution in [2.75, 3.05) is 10.4 Å². The molecule has 179 valence electrons. The van der Waals surface area contributed by atoms with E-state index in [4.69, 9.17) is 9.25 Å². The number of nitro groups is 1. The number of rotatable bonds is 7. The quantitative estimate of drug-likeness (QED) is 0.205. The fourth-order valence-corrected chi connectivity index (χ4v) is 3.84. The predicted octanol–water partition coefficient (Wildman–Crippen LogP) is 5.82. The molecule has 9 nitrogen and oxygen atoms in total. The topological polar surface area (TPSA) is 115 Å². The van der Waals surface area contributed by atoms with E-state index in [1.165, 1.54) is 24.3 Å². The largest absolute Gasteiger partial charge is 0.451 e. The van der Waals surface area contributed by atoms with Crippen molar-refractivity contribution in [1.29, 1.82) is 0 Å². The van der Waals surface area contributed by atoms with Gasteiger partial charge in [0.05, 0.1) is 16.2 Å². The number of anilines is 2. The highest BCUT2D eigenvalue weighted by Gasteiger charge is 2.23. The first-order valence-corrected chi connectivity index (χ1v) is 10.9. The second-order valence-electron chi connectivity index (χ2n) is 8.90. The van der Waals surface area contributed by atoms with E-state index in [1.807, 2.05) is 45.0 Å². The van der Waals surface area contributed by atoms with Crippen molar-refractivity contribution in [1.82, 2.24) is 0 Å². The van der Waals surface area contributed by atoms with Crippen molar-refractivity contribution in [3.05, 3.63) is 83.0 Å². The molecule has 1 radical (unpaired) electrons. The Labute approximate surface area is 201 Å². The van der Waals surface area contributed by atoms with Gasteiger partial charge >= 0.3 is 0 Å². The minimum Gasteiger partial charge on any atom is -0.451 e. The summed E-state index contributed by atoms with van der Waals surface area (Å²) in [6, 6.07) is 14.7. The summed E-state index contributed by atoms with van der Waals surface area (Å²) < 4.78 is 5.62. The van der Waals surface area contributed by atoms with Gasteiger partial charge in [-0.2, -0.15) is 5.06 Å². The molecule has 0 aliphatic rings. The first kappa shape index (κ1) is 23.9. The molecule has 0 aliphatic carbocycles. The summed E-state index contributed by atoms with van der Waals surface area (Å²) in [6.45, 7) is 9.48. The molecule has 1 heterocycles. The van der Waals surface area contributed by atoms with Crippen LogP contribution in [0, 0.1) is 17.0 Å². The molecule has 9 heteroatoms. The van der Waals surface area contributed by atoms with Crippen LogP contribution < -0.4 is 10.4 Å². The number of hydrogen-bond donors (Lipinski definition) is 1. The number of hydroxylamine groups is 1. The van der Waals surface area contributed by atoms with Crippen LogP contribution in [-0.2, 0) is 16.1 Å². The number of nitrogens with one attached hydrogen (secondary N) is 1. The van der Waals surface area contributed by atoms with Gasteiger partial charge in [0.2, 0.25) is 6.41 Å². The Bertz CT molecular complexity index is 1450. The normalized spacial score (nSPS) is 11.5. The van der Waals surface area contributed by atoms with E-state index < -0.39 is 16.4 Å². The Balaban J connectivity index is 1.78. The lowest BCUT2D eigenvalue weighted by Crippen LogP contribution is -2.33. The number of fused-ring (bicyclic) bond motifs is 2. The molecule has 3 aromatic carbocycles. The number of hydrogen-bond acceptors (Lipinski definition) is 6. The maximum atomic E-state index is 13.1. The molecule has 0 saturated carbocycles. The number of carbonyl (C=O) groups excluding carboxylic acids is 2. The maximum Gasteiger partial charge on any atom is 0.291 e. The van der Waals surface area contributed by atoms with Gasteiger partial charge in [-0.25, -0.2) is 0 Å². The highest BCUT2D eigenvalue weighted by Crippen LogP contribution is 2.36. The van der Waals surface area contributed by atoms with E-state index in [2.05, 4.69) is 12.2 Å². The number of nitrogens with zero attached hydrogens (tertiary/aromatic N) is 2. The summed E-state index contributed by atoms with van der Waals surface area (Å²) in [5.41, 5.74) is 1.27. The van der Waals surface area contributed by atoms with E-state index in [9.17, 15) is 19.7 Å². The van der Waals surface area contributed by atoms with Crippen LogP contribution >= 0.6 is 0 Å². The SMILES string of the molecule is [CH2]Cc1c(NC(=O)c2cc3cc([N+](=O)[O-])ccc3o2)cc(N(C=O)OC(C)(C)C)c2ccccc12. The number of nitro benzene ring substituents is 1. The van der Waals surface area contributed by atoms with Crippen LogP contribution in [0.15, 0.2) is 59.0 Å². The van der Waals surface area contributed by atoms with Gasteiger partial charge in [0, 0.05) is 28.6 Å². The van der Waals surface area contributed by atoms with Crippen molar-refractivity contribution < 1.29 is 23.8 Å². The molecule has 4 aromatic rings. The molecule has 0 atom stereocenters. The van der Waals surface area contributed by atoms with Gasteiger partial charge in [-0.15, -0.1) is 0 Å². The fourth-order valence-electron chi connectivity index (χ4n) is 3.84. The lowest BCUT2D eigenvalue weighted by atomic mass is 9.98. The summed E-state index contributed by atoms with van der Waals surface area (Å²) in [7, 11) is 0. The van der Waals surface area contributed by atoms with E-state index in [1.54, 1.807) is 6.07 Å². The zero-order chi connectivity index (χ0) is 25.3. The average molecular weight is 474 g/mol. The first-order chi connectivity index (χ1) is 16.6. The minimum absolute atomic E-state index is 0.0107. The Morgan fingerprint density at radius 3 is 2.51 bits per heavy atom. The van der Waals surface area contributed by atoms with Crippen LogP contribution in [0.2, 0.25) is 0 Å². The molecular weight excluding hydrogens is 450 g/mol. The zero-order valence-electron chi connectivity index (χ0n) is 19.5. The summed E-state index contributed by atoms with van der Waals surface area (Å²) in [4.78, 5) is 41.4. The van der Waals surface area contributed by atoms with Gasteiger partial charge in [0.1, 0.15) is 5.58 Å². The van der Waals surface area contributed by atoms with Crippen molar-refractivity contribution in [2.45, 2.75) is 32.8 Å². The highest BCUT2D eigenvalue weighted by molar-refractivity contribution is 6.09. The molecule has 0 fully saturated rings.